The predicted octanol–water partition coefficient (Wildman–Crippen LogP) is 1.40. The van der Waals surface area contributed by atoms with Crippen LogP contribution in [0, 0.1) is 10.1 Å². The van der Waals surface area contributed by atoms with Crippen molar-refractivity contribution >= 4 is 11.4 Å². The van der Waals surface area contributed by atoms with Gasteiger partial charge in [0.2, 0.25) is 0 Å². The molecule has 1 aromatic carbocycles. The zero-order valence-corrected chi connectivity index (χ0v) is 10.2. The highest BCUT2D eigenvalue weighted by atomic mass is 16.6. The molecule has 2 aromatic rings. The first kappa shape index (κ1) is 13.0. The summed E-state index contributed by atoms with van der Waals surface area (Å²) in [6, 6.07) is 6.47. The molecule has 0 aliphatic heterocycles. The number of non-ortho nitro benzene ring substituents is 1. The molecule has 19 heavy (non-hydrogen) atoms. The van der Waals surface area contributed by atoms with Crippen molar-refractivity contribution in [1.29, 1.82) is 0 Å². The van der Waals surface area contributed by atoms with Gasteiger partial charge in [0.15, 0.2) is 0 Å². The van der Waals surface area contributed by atoms with Gasteiger partial charge in [-0.25, -0.2) is 0 Å². The Bertz CT molecular complexity index is 568. The molecule has 0 aliphatic carbocycles. The SMILES string of the molecule is O=[N+]([O-])c1cccc(CNc2cnn(CCO)c2)c1. The average Bonchev–Trinajstić information content (AvgIpc) is 2.85. The zero-order chi connectivity index (χ0) is 13.7. The van der Waals surface area contributed by atoms with Crippen molar-refractivity contribution in [2.75, 3.05) is 11.9 Å². The van der Waals surface area contributed by atoms with Crippen LogP contribution in [0.5, 0.6) is 0 Å². The van der Waals surface area contributed by atoms with Gasteiger partial charge in [-0.05, 0) is 5.56 Å². The molecule has 1 heterocycles. The maximum Gasteiger partial charge on any atom is 0.269 e. The van der Waals surface area contributed by atoms with Crippen LogP contribution in [-0.4, -0.2) is 26.4 Å². The highest BCUT2D eigenvalue weighted by Crippen LogP contribution is 2.14. The molecular weight excluding hydrogens is 248 g/mol. The smallest absolute Gasteiger partial charge is 0.269 e. The topological polar surface area (TPSA) is 93.2 Å². The van der Waals surface area contributed by atoms with Crippen LogP contribution in [0.2, 0.25) is 0 Å². The van der Waals surface area contributed by atoms with Gasteiger partial charge in [0.05, 0.1) is 30.0 Å². The van der Waals surface area contributed by atoms with E-state index in [0.717, 1.165) is 11.3 Å². The first-order valence-electron chi connectivity index (χ1n) is 5.79. The molecule has 7 nitrogen and oxygen atoms in total. The van der Waals surface area contributed by atoms with E-state index in [1.54, 1.807) is 23.1 Å². The van der Waals surface area contributed by atoms with Crippen molar-refractivity contribution in [3.63, 3.8) is 0 Å². The van der Waals surface area contributed by atoms with Crippen LogP contribution in [0.3, 0.4) is 0 Å². The molecule has 0 bridgehead atoms. The van der Waals surface area contributed by atoms with E-state index in [2.05, 4.69) is 10.4 Å². The summed E-state index contributed by atoms with van der Waals surface area (Å²) in [7, 11) is 0. The van der Waals surface area contributed by atoms with Gasteiger partial charge in [0.1, 0.15) is 0 Å². The maximum absolute atomic E-state index is 10.7. The Hall–Kier alpha value is -2.41. The quantitative estimate of drug-likeness (QED) is 0.606. The number of hydrogen-bond donors (Lipinski definition) is 2. The molecule has 1 aromatic heterocycles. The number of aliphatic hydroxyl groups excluding tert-OH is 1. The second kappa shape index (κ2) is 5.96. The molecule has 2 rings (SSSR count). The molecule has 0 unspecified atom stereocenters. The summed E-state index contributed by atoms with van der Waals surface area (Å²) in [4.78, 5) is 10.2. The Morgan fingerprint density at radius 3 is 3.05 bits per heavy atom. The Kier molecular flexibility index (Phi) is 4.09. The van der Waals surface area contributed by atoms with Crippen molar-refractivity contribution in [1.82, 2.24) is 9.78 Å². The Morgan fingerprint density at radius 1 is 1.47 bits per heavy atom. The van der Waals surface area contributed by atoms with Gasteiger partial charge >= 0.3 is 0 Å². The molecule has 0 fully saturated rings. The second-order valence-corrected chi connectivity index (χ2v) is 4.00. The third-order valence-electron chi connectivity index (χ3n) is 2.58. The monoisotopic (exact) mass is 262 g/mol. The van der Waals surface area contributed by atoms with Gasteiger partial charge in [-0.3, -0.25) is 14.8 Å². The molecule has 7 heteroatoms. The van der Waals surface area contributed by atoms with Gasteiger partial charge in [-0.1, -0.05) is 12.1 Å². The fourth-order valence-corrected chi connectivity index (χ4v) is 1.66. The van der Waals surface area contributed by atoms with Crippen molar-refractivity contribution < 1.29 is 10.0 Å². The number of nitrogens with zero attached hydrogens (tertiary/aromatic N) is 3. The third-order valence-corrected chi connectivity index (χ3v) is 2.58. The molecule has 0 atom stereocenters. The minimum Gasteiger partial charge on any atom is -0.394 e. The molecule has 100 valence electrons. The molecular formula is C12H14N4O3. The largest absolute Gasteiger partial charge is 0.394 e. The number of aliphatic hydroxyl groups is 1. The molecule has 0 saturated heterocycles. The summed E-state index contributed by atoms with van der Waals surface area (Å²) in [5.41, 5.74) is 1.71. The fraction of sp³-hybridized carbons (Fsp3) is 0.250. The number of nitrogens with one attached hydrogen (secondary N) is 1. The Labute approximate surface area is 109 Å². The number of rotatable bonds is 6. The van der Waals surface area contributed by atoms with Crippen LogP contribution >= 0.6 is 0 Å². The lowest BCUT2D eigenvalue weighted by Gasteiger charge is -2.03. The van der Waals surface area contributed by atoms with E-state index in [9.17, 15) is 10.1 Å². The number of anilines is 1. The standard InChI is InChI=1S/C12H14N4O3/c17-5-4-15-9-11(8-14-15)13-7-10-2-1-3-12(6-10)16(18)19/h1-3,6,8-9,13,17H,4-5,7H2. The van der Waals surface area contributed by atoms with Gasteiger partial charge in [-0.2, -0.15) is 5.10 Å². The maximum atomic E-state index is 10.7. The van der Waals surface area contributed by atoms with Gasteiger partial charge in [0.25, 0.3) is 5.69 Å². The summed E-state index contributed by atoms with van der Waals surface area (Å²) in [6.07, 6.45) is 3.42. The fourth-order valence-electron chi connectivity index (χ4n) is 1.66. The van der Waals surface area contributed by atoms with E-state index in [-0.39, 0.29) is 12.3 Å². The Morgan fingerprint density at radius 2 is 2.32 bits per heavy atom. The van der Waals surface area contributed by atoms with Crippen LogP contribution in [0.1, 0.15) is 5.56 Å². The van der Waals surface area contributed by atoms with E-state index in [4.69, 9.17) is 5.11 Å². The summed E-state index contributed by atoms with van der Waals surface area (Å²) in [5, 5.41) is 26.6. The number of nitro benzene ring substituents is 1. The molecule has 2 N–H and O–H groups in total. The summed E-state index contributed by atoms with van der Waals surface area (Å²) < 4.78 is 1.62. The van der Waals surface area contributed by atoms with Gasteiger partial charge in [0, 0.05) is 24.9 Å². The first-order chi connectivity index (χ1) is 9.19. The number of benzene rings is 1. The minimum atomic E-state index is -0.414. The highest BCUT2D eigenvalue weighted by Gasteiger charge is 2.05. The number of hydrogen-bond acceptors (Lipinski definition) is 5. The molecule has 0 amide bonds. The molecule has 0 spiro atoms. The van der Waals surface area contributed by atoms with Crippen molar-refractivity contribution in [3.8, 4) is 0 Å². The normalized spacial score (nSPS) is 10.4. The lowest BCUT2D eigenvalue weighted by atomic mass is 10.2. The van der Waals surface area contributed by atoms with Crippen LogP contribution in [0.25, 0.3) is 0 Å². The van der Waals surface area contributed by atoms with Crippen molar-refractivity contribution in [2.24, 2.45) is 0 Å². The van der Waals surface area contributed by atoms with Gasteiger partial charge in [-0.15, -0.1) is 0 Å². The van der Waals surface area contributed by atoms with Gasteiger partial charge < -0.3 is 10.4 Å². The van der Waals surface area contributed by atoms with E-state index < -0.39 is 4.92 Å². The third kappa shape index (κ3) is 3.52. The van der Waals surface area contributed by atoms with Crippen molar-refractivity contribution in [2.45, 2.75) is 13.1 Å². The summed E-state index contributed by atoms with van der Waals surface area (Å²) in [5.74, 6) is 0. The first-order valence-corrected chi connectivity index (χ1v) is 5.79. The zero-order valence-electron chi connectivity index (χ0n) is 10.2. The van der Waals surface area contributed by atoms with E-state index in [1.807, 2.05) is 6.07 Å². The summed E-state index contributed by atoms with van der Waals surface area (Å²) in [6.45, 7) is 0.955. The lowest BCUT2D eigenvalue weighted by Crippen LogP contribution is -2.02. The van der Waals surface area contributed by atoms with Crippen molar-refractivity contribution in [3.05, 3.63) is 52.3 Å². The highest BCUT2D eigenvalue weighted by molar-refractivity contribution is 5.41. The Balaban J connectivity index is 1.97. The van der Waals surface area contributed by atoms with Crippen LogP contribution in [0.15, 0.2) is 36.7 Å². The summed E-state index contributed by atoms with van der Waals surface area (Å²) >= 11 is 0. The average molecular weight is 262 g/mol. The lowest BCUT2D eigenvalue weighted by molar-refractivity contribution is -0.384. The van der Waals surface area contributed by atoms with E-state index >= 15 is 0 Å². The second-order valence-electron chi connectivity index (χ2n) is 4.00. The molecule has 0 radical (unpaired) electrons. The number of nitro groups is 1. The van der Waals surface area contributed by atoms with E-state index in [0.29, 0.717) is 13.1 Å². The van der Waals surface area contributed by atoms with Crippen LogP contribution in [-0.2, 0) is 13.1 Å². The molecule has 0 aliphatic rings. The molecule has 0 saturated carbocycles. The minimum absolute atomic E-state index is 0.0337. The predicted molar refractivity (Wildman–Crippen MR) is 69.7 cm³/mol. The van der Waals surface area contributed by atoms with Crippen LogP contribution in [0.4, 0.5) is 11.4 Å². The number of aromatic nitrogens is 2. The van der Waals surface area contributed by atoms with E-state index in [1.165, 1.54) is 12.1 Å². The van der Waals surface area contributed by atoms with Crippen LogP contribution < -0.4 is 5.32 Å².